The minimum Gasteiger partial charge on any atom is -0.383 e. The average Bonchev–Trinajstić information content (AvgIpc) is 3.17. The van der Waals surface area contributed by atoms with Crippen LogP contribution in [0.5, 0.6) is 0 Å². The minimum atomic E-state index is -0.462. The number of carbonyl (C=O) groups is 1. The smallest absolute Gasteiger partial charge is 0.255 e. The number of hydrogen-bond acceptors (Lipinski definition) is 5. The topological polar surface area (TPSA) is 63.7 Å². The maximum atomic E-state index is 12.8. The highest BCUT2D eigenvalue weighted by Crippen LogP contribution is 2.31. The van der Waals surface area contributed by atoms with Gasteiger partial charge in [0.2, 0.25) is 0 Å². The van der Waals surface area contributed by atoms with Crippen molar-refractivity contribution in [2.45, 2.75) is 25.0 Å². The fourth-order valence-electron chi connectivity index (χ4n) is 3.67. The van der Waals surface area contributed by atoms with Gasteiger partial charge in [-0.1, -0.05) is 30.3 Å². The number of hydrogen-bond donors (Lipinski definition) is 1. The molecule has 0 atom stereocenters. The molecular weight excluding hydrogens is 342 g/mol. The van der Waals surface area contributed by atoms with E-state index >= 15 is 0 Å². The summed E-state index contributed by atoms with van der Waals surface area (Å²) >= 11 is 0. The van der Waals surface area contributed by atoms with Crippen LogP contribution in [0.3, 0.4) is 0 Å². The highest BCUT2D eigenvalue weighted by Gasteiger charge is 2.40. The zero-order chi connectivity index (χ0) is 18.5. The summed E-state index contributed by atoms with van der Waals surface area (Å²) in [6.45, 7) is 3.38. The van der Waals surface area contributed by atoms with Crippen molar-refractivity contribution < 1.29 is 14.3 Å². The molecule has 1 aromatic carbocycles. The van der Waals surface area contributed by atoms with Gasteiger partial charge in [-0.25, -0.2) is 0 Å². The summed E-state index contributed by atoms with van der Waals surface area (Å²) in [4.78, 5) is 18.9. The van der Waals surface area contributed by atoms with Gasteiger partial charge in [-0.3, -0.25) is 9.78 Å². The summed E-state index contributed by atoms with van der Waals surface area (Å²) in [6.07, 6.45) is 5.76. The zero-order valence-electron chi connectivity index (χ0n) is 15.4. The Hall–Kier alpha value is -2.44. The molecule has 3 heterocycles. The molecule has 2 fully saturated rings. The molecule has 6 nitrogen and oxygen atoms in total. The number of likely N-dealkylation sites (tertiary alicyclic amines) is 1. The zero-order valence-corrected chi connectivity index (χ0v) is 15.4. The van der Waals surface area contributed by atoms with E-state index in [1.165, 1.54) is 5.56 Å². The fraction of sp³-hybridized carbons (Fsp3) is 0.429. The van der Waals surface area contributed by atoms with Gasteiger partial charge in [0, 0.05) is 44.9 Å². The van der Waals surface area contributed by atoms with E-state index in [2.05, 4.69) is 22.4 Å². The van der Waals surface area contributed by atoms with E-state index in [-0.39, 0.29) is 5.91 Å². The van der Waals surface area contributed by atoms with Crippen LogP contribution >= 0.6 is 0 Å². The molecule has 6 heteroatoms. The molecule has 0 unspecified atom stereocenters. The SMILES string of the molecule is O=C(c1cncc(NCCc2ccccc2)c1)N1CCC2(CC1)OCCO2. The Bertz CT molecular complexity index is 765. The maximum Gasteiger partial charge on any atom is 0.255 e. The molecule has 2 saturated heterocycles. The third kappa shape index (κ3) is 4.28. The minimum absolute atomic E-state index is 0.0158. The second-order valence-corrected chi connectivity index (χ2v) is 7.02. The number of nitrogens with one attached hydrogen (secondary N) is 1. The first-order chi connectivity index (χ1) is 13.2. The van der Waals surface area contributed by atoms with Crippen molar-refractivity contribution in [1.29, 1.82) is 0 Å². The lowest BCUT2D eigenvalue weighted by atomic mass is 10.0. The van der Waals surface area contributed by atoms with Crippen molar-refractivity contribution in [1.82, 2.24) is 9.88 Å². The predicted molar refractivity (Wildman–Crippen MR) is 103 cm³/mol. The summed E-state index contributed by atoms with van der Waals surface area (Å²) in [7, 11) is 0. The molecular formula is C21H25N3O3. The molecule has 1 amide bonds. The first-order valence-corrected chi connectivity index (χ1v) is 9.54. The molecule has 27 heavy (non-hydrogen) atoms. The van der Waals surface area contributed by atoms with E-state index in [9.17, 15) is 4.79 Å². The highest BCUT2D eigenvalue weighted by molar-refractivity contribution is 5.94. The summed E-state index contributed by atoms with van der Waals surface area (Å²) < 4.78 is 11.5. The third-order valence-corrected chi connectivity index (χ3v) is 5.20. The van der Waals surface area contributed by atoms with Gasteiger partial charge in [0.05, 0.1) is 24.5 Å². The molecule has 0 aliphatic carbocycles. The molecule has 142 valence electrons. The van der Waals surface area contributed by atoms with E-state index in [0.29, 0.717) is 31.9 Å². The lowest BCUT2D eigenvalue weighted by Gasteiger charge is -2.37. The van der Waals surface area contributed by atoms with Gasteiger partial charge in [0.15, 0.2) is 5.79 Å². The fourth-order valence-corrected chi connectivity index (χ4v) is 3.67. The van der Waals surface area contributed by atoms with Crippen LogP contribution in [0.1, 0.15) is 28.8 Å². The van der Waals surface area contributed by atoms with Crippen LogP contribution in [0, 0.1) is 0 Å². The molecule has 1 spiro atoms. The number of amides is 1. The predicted octanol–water partition coefficient (Wildman–Crippen LogP) is 2.72. The standard InChI is InChI=1S/C21H25N3O3/c25-20(24-10-7-21(8-11-24)26-12-13-27-21)18-14-19(16-22-15-18)23-9-6-17-4-2-1-3-5-17/h1-5,14-16,23H,6-13H2. The van der Waals surface area contributed by atoms with Gasteiger partial charge >= 0.3 is 0 Å². The van der Waals surface area contributed by atoms with Crippen LogP contribution in [0.25, 0.3) is 0 Å². The monoisotopic (exact) mass is 367 g/mol. The Balaban J connectivity index is 1.32. The number of aromatic nitrogens is 1. The van der Waals surface area contributed by atoms with Crippen molar-refractivity contribution in [3.05, 3.63) is 59.9 Å². The maximum absolute atomic E-state index is 12.8. The van der Waals surface area contributed by atoms with Crippen LogP contribution < -0.4 is 5.32 Å². The lowest BCUT2D eigenvalue weighted by Crippen LogP contribution is -2.47. The van der Waals surface area contributed by atoms with Gasteiger partial charge < -0.3 is 19.7 Å². The van der Waals surface area contributed by atoms with Crippen molar-refractivity contribution in [2.75, 3.05) is 38.2 Å². The second-order valence-electron chi connectivity index (χ2n) is 7.02. The van der Waals surface area contributed by atoms with E-state index < -0.39 is 5.79 Å². The Morgan fingerprint density at radius 1 is 1.11 bits per heavy atom. The molecule has 4 rings (SSSR count). The molecule has 1 N–H and O–H groups in total. The Kier molecular flexibility index (Phi) is 5.36. The Morgan fingerprint density at radius 2 is 1.85 bits per heavy atom. The van der Waals surface area contributed by atoms with Crippen LogP contribution in [0.4, 0.5) is 5.69 Å². The summed E-state index contributed by atoms with van der Waals surface area (Å²) in [5.74, 6) is -0.447. The van der Waals surface area contributed by atoms with Crippen LogP contribution in [-0.2, 0) is 15.9 Å². The molecule has 2 aliphatic rings. The van der Waals surface area contributed by atoms with Gasteiger partial charge in [-0.2, -0.15) is 0 Å². The van der Waals surface area contributed by atoms with E-state index in [4.69, 9.17) is 9.47 Å². The van der Waals surface area contributed by atoms with E-state index in [1.807, 2.05) is 29.2 Å². The number of pyridine rings is 1. The van der Waals surface area contributed by atoms with Crippen LogP contribution in [0.15, 0.2) is 48.8 Å². The quantitative estimate of drug-likeness (QED) is 0.880. The van der Waals surface area contributed by atoms with Crippen molar-refractivity contribution >= 4 is 11.6 Å². The van der Waals surface area contributed by atoms with Gasteiger partial charge in [-0.05, 0) is 18.1 Å². The van der Waals surface area contributed by atoms with E-state index in [1.54, 1.807) is 12.4 Å². The van der Waals surface area contributed by atoms with Gasteiger partial charge in [0.1, 0.15) is 0 Å². The normalized spacial score (nSPS) is 18.6. The number of nitrogens with zero attached hydrogens (tertiary/aromatic N) is 2. The number of anilines is 1. The number of carbonyl (C=O) groups excluding carboxylic acids is 1. The number of benzene rings is 1. The van der Waals surface area contributed by atoms with Crippen molar-refractivity contribution in [2.24, 2.45) is 0 Å². The second kappa shape index (κ2) is 8.06. The average molecular weight is 367 g/mol. The van der Waals surface area contributed by atoms with Crippen molar-refractivity contribution in [3.63, 3.8) is 0 Å². The molecule has 2 aliphatic heterocycles. The summed E-state index contributed by atoms with van der Waals surface area (Å²) in [5.41, 5.74) is 2.76. The molecule has 0 saturated carbocycles. The first kappa shape index (κ1) is 17.9. The van der Waals surface area contributed by atoms with Crippen LogP contribution in [0.2, 0.25) is 0 Å². The number of ether oxygens (including phenoxy) is 2. The van der Waals surface area contributed by atoms with Crippen molar-refractivity contribution in [3.8, 4) is 0 Å². The highest BCUT2D eigenvalue weighted by atomic mass is 16.7. The Labute approximate surface area is 159 Å². The lowest BCUT2D eigenvalue weighted by molar-refractivity contribution is -0.181. The summed E-state index contributed by atoms with van der Waals surface area (Å²) in [5, 5.41) is 3.36. The number of piperidine rings is 1. The van der Waals surface area contributed by atoms with Crippen LogP contribution in [-0.4, -0.2) is 54.4 Å². The molecule has 0 bridgehead atoms. The number of rotatable bonds is 5. The Morgan fingerprint density at radius 3 is 2.59 bits per heavy atom. The molecule has 0 radical (unpaired) electrons. The first-order valence-electron chi connectivity index (χ1n) is 9.54. The molecule has 1 aromatic heterocycles. The van der Waals surface area contributed by atoms with Gasteiger partial charge in [-0.15, -0.1) is 0 Å². The molecule has 2 aromatic rings. The summed E-state index contributed by atoms with van der Waals surface area (Å²) in [6, 6.07) is 12.2. The van der Waals surface area contributed by atoms with Gasteiger partial charge in [0.25, 0.3) is 5.91 Å². The van der Waals surface area contributed by atoms with E-state index in [0.717, 1.165) is 31.5 Å². The largest absolute Gasteiger partial charge is 0.383 e. The third-order valence-electron chi connectivity index (χ3n) is 5.20.